The Kier molecular flexibility index (Phi) is 6.99. The number of alkyl halides is 3. The first-order valence-electron chi connectivity index (χ1n) is 9.72. The van der Waals surface area contributed by atoms with Crippen LogP contribution in [0.3, 0.4) is 0 Å². The summed E-state index contributed by atoms with van der Waals surface area (Å²) in [4.78, 5) is 11.5. The van der Waals surface area contributed by atoms with Gasteiger partial charge in [-0.05, 0) is 23.7 Å². The van der Waals surface area contributed by atoms with E-state index in [-0.39, 0.29) is 11.6 Å². The molecule has 3 aromatic heterocycles. The molecule has 3 aromatic rings. The van der Waals surface area contributed by atoms with Crippen LogP contribution in [0.4, 0.5) is 13.2 Å². The van der Waals surface area contributed by atoms with Crippen LogP contribution < -0.4 is 0 Å². The lowest BCUT2D eigenvalue weighted by atomic mass is 10.0. The van der Waals surface area contributed by atoms with Gasteiger partial charge in [-0.25, -0.2) is 4.98 Å². The predicted octanol–water partition coefficient (Wildman–Crippen LogP) is 4.44. The fourth-order valence-electron chi connectivity index (χ4n) is 2.96. The number of aromatic nitrogens is 4. The molecule has 6 nitrogen and oxygen atoms in total. The van der Waals surface area contributed by atoms with Gasteiger partial charge in [-0.3, -0.25) is 9.97 Å². The minimum atomic E-state index is -4.99. The second-order valence-corrected chi connectivity index (χ2v) is 15.0. The fraction of sp³-hybridized carbons (Fsp3) is 0.450. The van der Waals surface area contributed by atoms with E-state index in [0.717, 1.165) is 29.1 Å². The third-order valence-corrected chi connectivity index (χ3v) is 7.30. The molecule has 1 N–H and O–H groups in total. The van der Waals surface area contributed by atoms with Gasteiger partial charge in [0.1, 0.15) is 6.73 Å². The average Bonchev–Trinajstić information content (AvgIpc) is 3.34. The largest absolute Gasteiger partial charge is 0.429 e. The second-order valence-electron chi connectivity index (χ2n) is 8.48. The molecule has 0 aliphatic carbocycles. The van der Waals surface area contributed by atoms with Gasteiger partial charge < -0.3 is 14.4 Å². The van der Waals surface area contributed by atoms with Crippen LogP contribution >= 0.6 is 11.3 Å². The molecule has 0 saturated carbocycles. The van der Waals surface area contributed by atoms with Gasteiger partial charge in [0.2, 0.25) is 0 Å². The van der Waals surface area contributed by atoms with Crippen molar-refractivity contribution in [3.8, 4) is 0 Å². The number of ether oxygens (including phenoxy) is 1. The van der Waals surface area contributed by atoms with Crippen LogP contribution in [0.2, 0.25) is 25.7 Å². The highest BCUT2D eigenvalue weighted by Crippen LogP contribution is 2.45. The molecule has 168 valence electrons. The molecule has 0 amide bonds. The third kappa shape index (κ3) is 5.59. The van der Waals surface area contributed by atoms with Crippen LogP contribution in [0.5, 0.6) is 0 Å². The van der Waals surface area contributed by atoms with E-state index in [1.54, 1.807) is 24.5 Å². The first-order chi connectivity index (χ1) is 14.5. The number of nitrogens with zero attached hydrogens (tertiary/aromatic N) is 4. The summed E-state index contributed by atoms with van der Waals surface area (Å²) in [6.07, 6.45) is 1.04. The molecule has 3 rings (SSSR count). The van der Waals surface area contributed by atoms with Gasteiger partial charge >= 0.3 is 6.18 Å². The smallest absolute Gasteiger partial charge is 0.369 e. The maximum Gasteiger partial charge on any atom is 0.429 e. The molecule has 3 heterocycles. The van der Waals surface area contributed by atoms with Gasteiger partial charge in [-0.1, -0.05) is 19.6 Å². The lowest BCUT2D eigenvalue weighted by Gasteiger charge is -2.29. The fourth-order valence-corrected chi connectivity index (χ4v) is 4.46. The SMILES string of the molecule is C[Si](C)(C)CCOCn1cc(Cc2ccncc2)nc1C(O)(c1cncs1)C(F)(F)F. The topological polar surface area (TPSA) is 73.1 Å². The Labute approximate surface area is 183 Å². The van der Waals surface area contributed by atoms with Crippen molar-refractivity contribution in [1.29, 1.82) is 0 Å². The van der Waals surface area contributed by atoms with Crippen LogP contribution in [0.1, 0.15) is 22.0 Å². The monoisotopic (exact) mass is 470 g/mol. The van der Waals surface area contributed by atoms with Crippen LogP contribution in [-0.2, 0) is 23.5 Å². The maximum absolute atomic E-state index is 14.1. The summed E-state index contributed by atoms with van der Waals surface area (Å²) in [5.74, 6) is -0.527. The zero-order valence-corrected chi connectivity index (χ0v) is 19.4. The summed E-state index contributed by atoms with van der Waals surface area (Å²) in [5.41, 5.74) is -0.796. The van der Waals surface area contributed by atoms with Crippen molar-refractivity contribution in [3.05, 3.63) is 64.4 Å². The number of rotatable bonds is 9. The molecule has 0 aliphatic rings. The average molecular weight is 471 g/mol. The molecule has 0 aliphatic heterocycles. The van der Waals surface area contributed by atoms with Crippen molar-refractivity contribution >= 4 is 19.4 Å². The Morgan fingerprint density at radius 3 is 2.45 bits per heavy atom. The van der Waals surface area contributed by atoms with Crippen molar-refractivity contribution < 1.29 is 23.0 Å². The Morgan fingerprint density at radius 2 is 1.87 bits per heavy atom. The minimum Gasteiger partial charge on any atom is -0.369 e. The Hall–Kier alpha value is -2.08. The first-order valence-corrected chi connectivity index (χ1v) is 14.3. The number of aliphatic hydroxyl groups is 1. The lowest BCUT2D eigenvalue weighted by molar-refractivity contribution is -0.251. The third-order valence-electron chi connectivity index (χ3n) is 4.71. The van der Waals surface area contributed by atoms with E-state index in [4.69, 9.17) is 4.74 Å². The molecule has 0 radical (unpaired) electrons. The zero-order chi connectivity index (χ0) is 22.7. The molecule has 0 aromatic carbocycles. The van der Waals surface area contributed by atoms with Gasteiger partial charge in [0, 0.05) is 45.9 Å². The molecule has 31 heavy (non-hydrogen) atoms. The van der Waals surface area contributed by atoms with Crippen LogP contribution in [-0.4, -0.2) is 45.5 Å². The highest BCUT2D eigenvalue weighted by atomic mass is 32.1. The van der Waals surface area contributed by atoms with Gasteiger partial charge in [-0.2, -0.15) is 13.2 Å². The molecule has 11 heteroatoms. The number of hydrogen-bond donors (Lipinski definition) is 1. The summed E-state index contributed by atoms with van der Waals surface area (Å²) < 4.78 is 49.4. The van der Waals surface area contributed by atoms with Gasteiger partial charge in [0.05, 0.1) is 16.1 Å². The Morgan fingerprint density at radius 1 is 1.16 bits per heavy atom. The Bertz CT molecular complexity index is 975. The highest BCUT2D eigenvalue weighted by Gasteiger charge is 2.60. The molecule has 0 saturated heterocycles. The van der Waals surface area contributed by atoms with E-state index in [1.807, 2.05) is 0 Å². The second kappa shape index (κ2) is 9.19. The number of imidazole rings is 1. The molecule has 0 bridgehead atoms. The first kappa shape index (κ1) is 23.6. The van der Waals surface area contributed by atoms with E-state index in [2.05, 4.69) is 34.6 Å². The van der Waals surface area contributed by atoms with E-state index in [1.165, 1.54) is 16.3 Å². The van der Waals surface area contributed by atoms with Crippen LogP contribution in [0, 0.1) is 0 Å². The summed E-state index contributed by atoms with van der Waals surface area (Å²) in [5, 5.41) is 10.9. The summed E-state index contributed by atoms with van der Waals surface area (Å²) >= 11 is 0.727. The Balaban J connectivity index is 1.97. The van der Waals surface area contributed by atoms with E-state index >= 15 is 0 Å². The standard InChI is InChI=1S/C20H25F3N4O2SSi/c1-31(2,3)9-8-29-14-27-12-16(10-15-4-6-24-7-5-15)26-18(27)19(28,20(21,22)23)17-11-25-13-30-17/h4-7,11-13,28H,8-10,14H2,1-3H3. The number of halogens is 3. The van der Waals surface area contributed by atoms with E-state index < -0.39 is 25.7 Å². The number of thiazole rings is 1. The summed E-state index contributed by atoms with van der Waals surface area (Å²) in [6, 6.07) is 4.41. The summed E-state index contributed by atoms with van der Waals surface area (Å²) in [7, 11) is -1.36. The number of pyridine rings is 1. The van der Waals surface area contributed by atoms with Crippen molar-refractivity contribution in [3.63, 3.8) is 0 Å². The summed E-state index contributed by atoms with van der Waals surface area (Å²) in [6.45, 7) is 6.87. The van der Waals surface area contributed by atoms with Crippen molar-refractivity contribution in [1.82, 2.24) is 19.5 Å². The molecular weight excluding hydrogens is 445 g/mol. The van der Waals surface area contributed by atoms with Crippen molar-refractivity contribution in [2.75, 3.05) is 6.61 Å². The van der Waals surface area contributed by atoms with Gasteiger partial charge in [0.15, 0.2) is 5.82 Å². The van der Waals surface area contributed by atoms with E-state index in [0.29, 0.717) is 18.7 Å². The van der Waals surface area contributed by atoms with Crippen LogP contribution in [0.15, 0.2) is 42.4 Å². The zero-order valence-electron chi connectivity index (χ0n) is 17.6. The van der Waals surface area contributed by atoms with Crippen molar-refractivity contribution in [2.24, 2.45) is 0 Å². The molecule has 1 unspecified atom stereocenters. The van der Waals surface area contributed by atoms with Crippen LogP contribution in [0.25, 0.3) is 0 Å². The quantitative estimate of drug-likeness (QED) is 0.370. The van der Waals surface area contributed by atoms with Gasteiger partial charge in [0.25, 0.3) is 5.60 Å². The van der Waals surface area contributed by atoms with Crippen molar-refractivity contribution in [2.45, 2.75) is 50.6 Å². The van der Waals surface area contributed by atoms with E-state index in [9.17, 15) is 18.3 Å². The molecular formula is C20H25F3N4O2SSi. The molecule has 0 spiro atoms. The van der Waals surface area contributed by atoms with Gasteiger partial charge in [-0.15, -0.1) is 11.3 Å². The lowest BCUT2D eigenvalue weighted by Crippen LogP contribution is -2.45. The molecule has 0 fully saturated rings. The maximum atomic E-state index is 14.1. The normalized spacial score (nSPS) is 14.5. The number of hydrogen-bond acceptors (Lipinski definition) is 6. The highest BCUT2D eigenvalue weighted by molar-refractivity contribution is 7.09. The molecule has 1 atom stereocenters. The predicted molar refractivity (Wildman–Crippen MR) is 115 cm³/mol. The minimum absolute atomic E-state index is 0.139.